The van der Waals surface area contributed by atoms with Crippen molar-refractivity contribution < 1.29 is 34.0 Å². The molecule has 0 aromatic carbocycles. The number of hydrogen-bond donors (Lipinski definition) is 2. The number of carbonyl (C=O) groups excluding carboxylic acids is 2. The Morgan fingerprint density at radius 3 is 2.71 bits per heavy atom. The Labute approximate surface area is 182 Å². The first kappa shape index (κ1) is 21.2. The molecule has 0 radical (unpaired) electrons. The van der Waals surface area contributed by atoms with Crippen molar-refractivity contribution in [1.82, 2.24) is 0 Å². The summed E-state index contributed by atoms with van der Waals surface area (Å²) < 4.78 is 18.6. The van der Waals surface area contributed by atoms with E-state index in [2.05, 4.69) is 6.92 Å². The second-order valence-corrected chi connectivity index (χ2v) is 10.5. The third-order valence-electron chi connectivity index (χ3n) is 9.56. The van der Waals surface area contributed by atoms with Crippen LogP contribution in [0.2, 0.25) is 0 Å². The van der Waals surface area contributed by atoms with Gasteiger partial charge >= 0.3 is 11.9 Å². The van der Waals surface area contributed by atoms with Crippen molar-refractivity contribution in [3.8, 4) is 0 Å². The molecule has 2 N–H and O–H groups in total. The molecule has 0 aromatic heterocycles. The minimum Gasteiger partial charge on any atom is -0.459 e. The number of aliphatic hydroxyl groups excluding tert-OH is 1. The van der Waals surface area contributed by atoms with Crippen molar-refractivity contribution in [2.24, 2.45) is 16.7 Å². The molecular formula is C24H32O7. The van der Waals surface area contributed by atoms with E-state index in [0.717, 1.165) is 17.6 Å². The third-order valence-corrected chi connectivity index (χ3v) is 9.56. The predicted octanol–water partition coefficient (Wildman–Crippen LogP) is 2.20. The maximum Gasteiger partial charge on any atom is 0.333 e. The maximum absolute atomic E-state index is 13.5. The SMILES string of the molecule is C/C=C(/C)C(=O)O[C@@H]1C2=C(C)[C@H]3C[C@@]4(CO)C(=O)O[C@H]5CC[C@H](C)[C@]1(C)[C@@]5(O)C[C@@]24O3. The monoisotopic (exact) mass is 432 g/mol. The second-order valence-electron chi connectivity index (χ2n) is 10.5. The standard InChI is InChI=1S/C24H32O7/c1-6-12(2)19(26)30-18-17-14(4)15-9-22(11-25)20(27)29-16-8-7-13(3)21(18,5)23(16,28)10-24(17,22)31-15/h6,13,15-16,18,25,28H,7-11H2,1-5H3/b12-6-/t13-,15+,16-,18+,21-,22+,23+,24+/m0/s1. The quantitative estimate of drug-likeness (QED) is 0.400. The van der Waals surface area contributed by atoms with E-state index >= 15 is 0 Å². The van der Waals surface area contributed by atoms with Crippen molar-refractivity contribution in [3.63, 3.8) is 0 Å². The molecule has 170 valence electrons. The van der Waals surface area contributed by atoms with E-state index in [0.29, 0.717) is 18.4 Å². The summed E-state index contributed by atoms with van der Waals surface area (Å²) in [6.45, 7) is 9.00. The first-order chi connectivity index (χ1) is 14.5. The number of allylic oxidation sites excluding steroid dienone is 1. The van der Waals surface area contributed by atoms with Crippen LogP contribution in [-0.4, -0.2) is 58.3 Å². The topological polar surface area (TPSA) is 102 Å². The highest BCUT2D eigenvalue weighted by molar-refractivity contribution is 5.88. The van der Waals surface area contributed by atoms with Gasteiger partial charge in [0.1, 0.15) is 28.8 Å². The number of rotatable bonds is 3. The van der Waals surface area contributed by atoms with E-state index in [1.165, 1.54) is 0 Å². The van der Waals surface area contributed by atoms with Crippen LogP contribution >= 0.6 is 0 Å². The lowest BCUT2D eigenvalue weighted by molar-refractivity contribution is -0.263. The lowest BCUT2D eigenvalue weighted by atomic mass is 9.44. The van der Waals surface area contributed by atoms with Crippen LogP contribution in [0.1, 0.15) is 60.3 Å². The minimum absolute atomic E-state index is 0.00886. The fourth-order valence-corrected chi connectivity index (χ4v) is 7.24. The Kier molecular flexibility index (Phi) is 4.24. The Balaban J connectivity index is 1.79. The van der Waals surface area contributed by atoms with Crippen LogP contribution in [0, 0.1) is 16.7 Å². The normalized spacial score (nSPS) is 50.3. The van der Waals surface area contributed by atoms with Crippen LogP contribution in [-0.2, 0) is 23.8 Å². The highest BCUT2D eigenvalue weighted by atomic mass is 16.6. The molecule has 0 aromatic rings. The van der Waals surface area contributed by atoms with E-state index in [1.807, 2.05) is 13.8 Å². The number of carbonyl (C=O) groups is 2. The first-order valence-electron chi connectivity index (χ1n) is 11.3. The molecular weight excluding hydrogens is 400 g/mol. The largest absolute Gasteiger partial charge is 0.459 e. The van der Waals surface area contributed by atoms with Crippen molar-refractivity contribution >= 4 is 11.9 Å². The number of fused-ring (bicyclic) bond motifs is 1. The highest BCUT2D eigenvalue weighted by Crippen LogP contribution is 2.72. The van der Waals surface area contributed by atoms with Crippen LogP contribution in [0.4, 0.5) is 0 Å². The molecule has 3 aliphatic heterocycles. The van der Waals surface area contributed by atoms with Gasteiger partial charge in [0, 0.05) is 23.0 Å². The van der Waals surface area contributed by atoms with Gasteiger partial charge in [-0.05, 0) is 51.5 Å². The zero-order valence-electron chi connectivity index (χ0n) is 18.9. The molecule has 0 amide bonds. The van der Waals surface area contributed by atoms with Gasteiger partial charge in [0.15, 0.2) is 0 Å². The summed E-state index contributed by atoms with van der Waals surface area (Å²) in [5.41, 5.74) is -2.70. The first-order valence-corrected chi connectivity index (χ1v) is 11.3. The molecule has 31 heavy (non-hydrogen) atoms. The van der Waals surface area contributed by atoms with Gasteiger partial charge in [-0.3, -0.25) is 4.79 Å². The number of hydrogen-bond acceptors (Lipinski definition) is 7. The lowest BCUT2D eigenvalue weighted by Gasteiger charge is -2.63. The third kappa shape index (κ3) is 2.11. The van der Waals surface area contributed by atoms with Gasteiger partial charge in [0.2, 0.25) is 0 Å². The molecule has 7 nitrogen and oxygen atoms in total. The summed E-state index contributed by atoms with van der Waals surface area (Å²) in [6.07, 6.45) is 1.51. The van der Waals surface area contributed by atoms with E-state index in [9.17, 15) is 19.8 Å². The molecule has 2 saturated heterocycles. The highest BCUT2D eigenvalue weighted by Gasteiger charge is 2.82. The molecule has 5 rings (SSSR count). The molecule has 5 aliphatic rings. The minimum atomic E-state index is -1.45. The fourth-order valence-electron chi connectivity index (χ4n) is 7.24. The van der Waals surface area contributed by atoms with Crippen LogP contribution < -0.4 is 0 Å². The van der Waals surface area contributed by atoms with Gasteiger partial charge in [-0.15, -0.1) is 0 Å². The van der Waals surface area contributed by atoms with Crippen molar-refractivity contribution in [2.75, 3.05) is 6.61 Å². The predicted molar refractivity (Wildman–Crippen MR) is 110 cm³/mol. The molecule has 3 heterocycles. The lowest BCUT2D eigenvalue weighted by Crippen LogP contribution is -2.73. The molecule has 0 unspecified atom stereocenters. The maximum atomic E-state index is 13.5. The Morgan fingerprint density at radius 1 is 1.35 bits per heavy atom. The van der Waals surface area contributed by atoms with Gasteiger partial charge in [-0.25, -0.2) is 4.79 Å². The molecule has 7 heteroatoms. The summed E-state index contributed by atoms with van der Waals surface area (Å²) in [6, 6.07) is 0. The van der Waals surface area contributed by atoms with Crippen LogP contribution in [0.25, 0.3) is 0 Å². The van der Waals surface area contributed by atoms with Gasteiger partial charge in [0.05, 0.1) is 12.7 Å². The average Bonchev–Trinajstić information content (AvgIpc) is 3.18. The Hall–Kier alpha value is -1.70. The number of ether oxygens (including phenoxy) is 3. The zero-order valence-corrected chi connectivity index (χ0v) is 18.9. The van der Waals surface area contributed by atoms with Gasteiger partial charge in [0.25, 0.3) is 0 Å². The molecule has 3 bridgehead atoms. The van der Waals surface area contributed by atoms with Gasteiger partial charge < -0.3 is 24.4 Å². The number of aliphatic hydroxyl groups is 2. The zero-order chi connectivity index (χ0) is 22.6. The molecule has 8 atom stereocenters. The van der Waals surface area contributed by atoms with Crippen LogP contribution in [0.5, 0.6) is 0 Å². The average molecular weight is 433 g/mol. The van der Waals surface area contributed by atoms with Crippen LogP contribution in [0.15, 0.2) is 22.8 Å². The van der Waals surface area contributed by atoms with Crippen LogP contribution in [0.3, 0.4) is 0 Å². The van der Waals surface area contributed by atoms with E-state index in [-0.39, 0.29) is 18.4 Å². The summed E-state index contributed by atoms with van der Waals surface area (Å²) in [5.74, 6) is -0.960. The smallest absolute Gasteiger partial charge is 0.333 e. The second kappa shape index (κ2) is 6.21. The van der Waals surface area contributed by atoms with Crippen molar-refractivity contribution in [2.45, 2.75) is 89.8 Å². The Bertz CT molecular complexity index is 936. The van der Waals surface area contributed by atoms with E-state index in [1.54, 1.807) is 19.9 Å². The van der Waals surface area contributed by atoms with Crippen molar-refractivity contribution in [3.05, 3.63) is 22.8 Å². The summed E-state index contributed by atoms with van der Waals surface area (Å²) >= 11 is 0. The fraction of sp³-hybridized carbons (Fsp3) is 0.750. The van der Waals surface area contributed by atoms with Gasteiger partial charge in [-0.2, -0.15) is 0 Å². The van der Waals surface area contributed by atoms with E-state index in [4.69, 9.17) is 14.2 Å². The molecule has 2 saturated carbocycles. The summed E-state index contributed by atoms with van der Waals surface area (Å²) in [7, 11) is 0. The van der Waals surface area contributed by atoms with Gasteiger partial charge in [-0.1, -0.05) is 19.9 Å². The molecule has 4 fully saturated rings. The molecule has 1 spiro atoms. The van der Waals surface area contributed by atoms with Crippen molar-refractivity contribution in [1.29, 1.82) is 0 Å². The summed E-state index contributed by atoms with van der Waals surface area (Å²) in [4.78, 5) is 26.4. The summed E-state index contributed by atoms with van der Waals surface area (Å²) in [5, 5.41) is 22.8. The Morgan fingerprint density at radius 2 is 2.06 bits per heavy atom. The number of esters is 2. The molecule has 2 aliphatic carbocycles. The van der Waals surface area contributed by atoms with E-state index < -0.39 is 52.8 Å².